The molecule has 0 unspecified atom stereocenters. The van der Waals surface area contributed by atoms with E-state index in [1.165, 1.54) is 4.31 Å². The van der Waals surface area contributed by atoms with Gasteiger partial charge in [0.2, 0.25) is 10.0 Å². The lowest BCUT2D eigenvalue weighted by Gasteiger charge is -2.25. The van der Waals surface area contributed by atoms with Crippen LogP contribution in [0, 0.1) is 0 Å². The fourth-order valence-corrected chi connectivity index (χ4v) is 4.63. The molecule has 2 aromatic rings. The average molecular weight is 432 g/mol. The summed E-state index contributed by atoms with van der Waals surface area (Å²) in [5.41, 5.74) is 3.87. The van der Waals surface area contributed by atoms with Crippen LogP contribution < -0.4 is 9.47 Å². The number of hydrogen-bond acceptors (Lipinski definition) is 5. The van der Waals surface area contributed by atoms with Gasteiger partial charge in [0.15, 0.2) is 5.75 Å². The fourth-order valence-electron chi connectivity index (χ4n) is 3.46. The third-order valence-corrected chi connectivity index (χ3v) is 6.63. The van der Waals surface area contributed by atoms with Crippen LogP contribution in [0.15, 0.2) is 48.5 Å². The molecule has 1 aliphatic rings. The molecule has 0 fully saturated rings. The summed E-state index contributed by atoms with van der Waals surface area (Å²) in [4.78, 5) is 10.8. The van der Waals surface area contributed by atoms with Gasteiger partial charge in [-0.2, -0.15) is 4.31 Å². The summed E-state index contributed by atoms with van der Waals surface area (Å²) in [7, 11) is -2.18. The lowest BCUT2D eigenvalue weighted by Crippen LogP contribution is -2.38. The third kappa shape index (κ3) is 5.01. The van der Waals surface area contributed by atoms with E-state index in [1.54, 1.807) is 7.11 Å². The van der Waals surface area contributed by atoms with E-state index in [9.17, 15) is 13.2 Å². The highest BCUT2D eigenvalue weighted by Gasteiger charge is 2.27. The van der Waals surface area contributed by atoms with Crippen LogP contribution >= 0.6 is 0 Å². The van der Waals surface area contributed by atoms with Crippen molar-refractivity contribution in [2.45, 2.75) is 13.3 Å². The lowest BCUT2D eigenvalue weighted by molar-refractivity contribution is -0.134. The minimum absolute atomic E-state index is 0.158. The molecule has 0 aromatic heterocycles. The molecule has 30 heavy (non-hydrogen) atoms. The Hall–Kier alpha value is -2.84. The Morgan fingerprint density at radius 2 is 1.97 bits per heavy atom. The number of rotatable bonds is 8. The Bertz CT molecular complexity index is 1060. The first-order chi connectivity index (χ1) is 14.3. The number of sulfonamides is 1. The molecule has 0 saturated heterocycles. The number of benzene rings is 2. The van der Waals surface area contributed by atoms with Gasteiger partial charge in [-0.25, -0.2) is 8.42 Å². The van der Waals surface area contributed by atoms with E-state index >= 15 is 0 Å². The Kier molecular flexibility index (Phi) is 6.79. The van der Waals surface area contributed by atoms with Crippen molar-refractivity contribution in [1.29, 1.82) is 0 Å². The van der Waals surface area contributed by atoms with Gasteiger partial charge >= 0.3 is 5.97 Å². The largest absolute Gasteiger partial charge is 0.496 e. The first kappa shape index (κ1) is 21.9. The summed E-state index contributed by atoms with van der Waals surface area (Å²) < 4.78 is 36.6. The topological polar surface area (TPSA) is 93.1 Å². The van der Waals surface area contributed by atoms with E-state index in [0.717, 1.165) is 28.0 Å². The molecule has 160 valence electrons. The second-order valence-corrected chi connectivity index (χ2v) is 8.83. The first-order valence-corrected chi connectivity index (χ1v) is 11.2. The van der Waals surface area contributed by atoms with Crippen LogP contribution in [0.3, 0.4) is 0 Å². The van der Waals surface area contributed by atoms with Crippen molar-refractivity contribution < 1.29 is 27.8 Å². The third-order valence-electron chi connectivity index (χ3n) is 4.90. The minimum Gasteiger partial charge on any atom is -0.496 e. The van der Waals surface area contributed by atoms with E-state index in [1.807, 2.05) is 55.5 Å². The van der Waals surface area contributed by atoms with Gasteiger partial charge < -0.3 is 14.6 Å². The van der Waals surface area contributed by atoms with Crippen LogP contribution in [0.25, 0.3) is 16.7 Å². The van der Waals surface area contributed by atoms with E-state index in [4.69, 9.17) is 14.6 Å². The molecule has 0 saturated carbocycles. The van der Waals surface area contributed by atoms with Crippen molar-refractivity contribution in [3.05, 3.63) is 54.1 Å². The van der Waals surface area contributed by atoms with Crippen LogP contribution in [-0.2, 0) is 14.8 Å². The van der Waals surface area contributed by atoms with E-state index < -0.39 is 21.7 Å². The summed E-state index contributed by atoms with van der Waals surface area (Å²) in [5.74, 6) is -0.736. The SMILES string of the molecule is CCOc1cccc(-c2ccc(C3=CCN(S(=O)(=O)CC(=O)O)CC3)cc2OC)c1. The van der Waals surface area contributed by atoms with Gasteiger partial charge in [-0.3, -0.25) is 4.79 Å². The molecular formula is C22H25NO6S. The van der Waals surface area contributed by atoms with Gasteiger partial charge in [-0.1, -0.05) is 30.3 Å². The van der Waals surface area contributed by atoms with Gasteiger partial charge in [-0.05, 0) is 48.2 Å². The number of methoxy groups -OCH3 is 1. The number of ether oxygens (including phenoxy) is 2. The maximum Gasteiger partial charge on any atom is 0.320 e. The quantitative estimate of drug-likeness (QED) is 0.690. The average Bonchev–Trinajstić information content (AvgIpc) is 2.73. The highest BCUT2D eigenvalue weighted by molar-refractivity contribution is 7.89. The van der Waals surface area contributed by atoms with Gasteiger partial charge in [0, 0.05) is 18.7 Å². The van der Waals surface area contributed by atoms with Crippen molar-refractivity contribution in [3.8, 4) is 22.6 Å². The van der Waals surface area contributed by atoms with Crippen molar-refractivity contribution >= 4 is 21.6 Å². The Morgan fingerprint density at radius 1 is 1.17 bits per heavy atom. The van der Waals surface area contributed by atoms with Gasteiger partial charge in [0.25, 0.3) is 0 Å². The normalized spacial score (nSPS) is 14.8. The second-order valence-electron chi connectivity index (χ2n) is 6.86. The molecule has 7 nitrogen and oxygen atoms in total. The Balaban J connectivity index is 1.84. The van der Waals surface area contributed by atoms with Crippen molar-refractivity contribution in [3.63, 3.8) is 0 Å². The molecule has 1 N–H and O–H groups in total. The zero-order chi connectivity index (χ0) is 21.7. The summed E-state index contributed by atoms with van der Waals surface area (Å²) in [5, 5.41) is 8.79. The zero-order valence-electron chi connectivity index (χ0n) is 17.0. The van der Waals surface area contributed by atoms with Crippen molar-refractivity contribution in [2.75, 3.05) is 32.6 Å². The van der Waals surface area contributed by atoms with Crippen LogP contribution in [0.5, 0.6) is 11.5 Å². The number of hydrogen-bond donors (Lipinski definition) is 1. The highest BCUT2D eigenvalue weighted by atomic mass is 32.2. The number of carboxylic acids is 1. The fraction of sp³-hybridized carbons (Fsp3) is 0.318. The molecule has 0 atom stereocenters. The minimum atomic E-state index is -3.80. The van der Waals surface area contributed by atoms with E-state index in [-0.39, 0.29) is 13.1 Å². The predicted octanol–water partition coefficient (Wildman–Crippen LogP) is 3.26. The van der Waals surface area contributed by atoms with E-state index in [0.29, 0.717) is 18.8 Å². The first-order valence-electron chi connectivity index (χ1n) is 9.64. The maximum absolute atomic E-state index is 12.1. The number of aliphatic carboxylic acids is 1. The smallest absolute Gasteiger partial charge is 0.320 e. The van der Waals surface area contributed by atoms with Crippen LogP contribution in [-0.4, -0.2) is 56.4 Å². The molecule has 1 aliphatic heterocycles. The molecule has 0 aliphatic carbocycles. The van der Waals surface area contributed by atoms with Crippen LogP contribution in [0.2, 0.25) is 0 Å². The zero-order valence-corrected chi connectivity index (χ0v) is 17.8. The van der Waals surface area contributed by atoms with Gasteiger partial charge in [0.1, 0.15) is 11.5 Å². The van der Waals surface area contributed by atoms with Crippen molar-refractivity contribution in [1.82, 2.24) is 4.31 Å². The second kappa shape index (κ2) is 9.32. The number of carbonyl (C=O) groups is 1. The number of carboxylic acid groups (broad SMARTS) is 1. The summed E-state index contributed by atoms with van der Waals surface area (Å²) in [6, 6.07) is 13.7. The van der Waals surface area contributed by atoms with E-state index in [2.05, 4.69) is 0 Å². The maximum atomic E-state index is 12.1. The molecular weight excluding hydrogens is 406 g/mol. The Labute approximate surface area is 176 Å². The highest BCUT2D eigenvalue weighted by Crippen LogP contribution is 2.35. The molecule has 2 aromatic carbocycles. The number of nitrogens with zero attached hydrogens (tertiary/aromatic N) is 1. The van der Waals surface area contributed by atoms with Gasteiger partial charge in [-0.15, -0.1) is 0 Å². The molecule has 0 radical (unpaired) electrons. The van der Waals surface area contributed by atoms with Crippen LogP contribution in [0.1, 0.15) is 18.9 Å². The lowest BCUT2D eigenvalue weighted by atomic mass is 9.96. The standard InChI is InChI=1S/C22H25NO6S/c1-3-29-19-6-4-5-18(13-19)20-8-7-17(14-21(20)28-2)16-9-11-23(12-10-16)30(26,27)15-22(24)25/h4-9,13-14H,3,10-12,15H2,1-2H3,(H,24,25). The summed E-state index contributed by atoms with van der Waals surface area (Å²) >= 11 is 0. The molecule has 0 bridgehead atoms. The molecule has 0 spiro atoms. The summed E-state index contributed by atoms with van der Waals surface area (Å²) in [6.07, 6.45) is 2.33. The predicted molar refractivity (Wildman–Crippen MR) is 115 cm³/mol. The van der Waals surface area contributed by atoms with Crippen molar-refractivity contribution in [2.24, 2.45) is 0 Å². The monoisotopic (exact) mass is 431 g/mol. The molecule has 1 heterocycles. The van der Waals surface area contributed by atoms with Gasteiger partial charge in [0.05, 0.1) is 13.7 Å². The molecule has 0 amide bonds. The molecule has 8 heteroatoms. The molecule has 3 rings (SSSR count). The Morgan fingerprint density at radius 3 is 2.60 bits per heavy atom. The summed E-state index contributed by atoms with van der Waals surface area (Å²) in [6.45, 7) is 2.94. The van der Waals surface area contributed by atoms with Crippen LogP contribution in [0.4, 0.5) is 0 Å².